The molecule has 0 N–H and O–H groups in total. The molecule has 0 radical (unpaired) electrons. The van der Waals surface area contributed by atoms with Gasteiger partial charge in [-0.1, -0.05) is 6.58 Å². The minimum atomic E-state index is -5.53. The second kappa shape index (κ2) is 7.87. The van der Waals surface area contributed by atoms with Crippen molar-refractivity contribution in [2.75, 3.05) is 0 Å². The van der Waals surface area contributed by atoms with Crippen molar-refractivity contribution in [2.24, 2.45) is 11.8 Å². The highest BCUT2D eigenvalue weighted by Gasteiger charge is 2.72. The first-order valence-electron chi connectivity index (χ1n) is 9.12. The predicted octanol–water partition coefficient (Wildman–Crippen LogP) is 3.88. The van der Waals surface area contributed by atoms with E-state index in [1.165, 1.54) is 0 Å². The van der Waals surface area contributed by atoms with E-state index in [0.29, 0.717) is 6.08 Å². The quantitative estimate of drug-likeness (QED) is 0.226. The van der Waals surface area contributed by atoms with Crippen LogP contribution in [0.4, 0.5) is 35.1 Å². The Labute approximate surface area is 175 Å². The zero-order valence-electron chi connectivity index (χ0n) is 16.6. The average molecular weight is 482 g/mol. The van der Waals surface area contributed by atoms with Gasteiger partial charge in [0.25, 0.3) is 5.79 Å². The number of alkyl halides is 8. The molecule has 2 saturated carbocycles. The van der Waals surface area contributed by atoms with E-state index in [9.17, 15) is 49.5 Å². The van der Waals surface area contributed by atoms with Gasteiger partial charge in [0.1, 0.15) is 0 Å². The number of fused-ring (bicyclic) bond motifs is 2. The van der Waals surface area contributed by atoms with E-state index in [4.69, 9.17) is 4.74 Å². The van der Waals surface area contributed by atoms with Crippen LogP contribution in [-0.2, 0) is 28.6 Å². The maximum atomic E-state index is 13.8. The first-order valence-corrected chi connectivity index (χ1v) is 9.12. The lowest BCUT2D eigenvalue weighted by Gasteiger charge is -2.42. The Morgan fingerprint density at radius 1 is 0.875 bits per heavy atom. The first-order chi connectivity index (χ1) is 14.3. The topological polar surface area (TPSA) is 78.9 Å². The summed E-state index contributed by atoms with van der Waals surface area (Å²) in [6.45, 7) is 2.37. The van der Waals surface area contributed by atoms with E-state index in [1.54, 1.807) is 0 Å². The van der Waals surface area contributed by atoms with Gasteiger partial charge in [-0.3, -0.25) is 0 Å². The van der Waals surface area contributed by atoms with Crippen LogP contribution in [0.3, 0.4) is 0 Å². The molecule has 2 aliphatic carbocycles. The summed E-state index contributed by atoms with van der Waals surface area (Å²) in [6.07, 6.45) is -1.64. The van der Waals surface area contributed by atoms with E-state index >= 15 is 0 Å². The number of carbonyl (C=O) groups is 3. The average Bonchev–Trinajstić information content (AvgIpc) is 3.21. The molecule has 3 atom stereocenters. The summed E-state index contributed by atoms with van der Waals surface area (Å²) >= 11 is 0. The number of ether oxygens (including phenoxy) is 3. The second-order valence-electron chi connectivity index (χ2n) is 7.76. The molecule has 0 spiro atoms. The van der Waals surface area contributed by atoms with Gasteiger partial charge in [-0.15, -0.1) is 0 Å². The van der Waals surface area contributed by atoms with Crippen molar-refractivity contribution in [1.82, 2.24) is 0 Å². The molecule has 0 heterocycles. The second-order valence-corrected chi connectivity index (χ2v) is 7.76. The van der Waals surface area contributed by atoms with Crippen LogP contribution in [0.15, 0.2) is 12.7 Å². The molecule has 0 amide bonds. The molecule has 182 valence electrons. The van der Waals surface area contributed by atoms with Crippen LogP contribution in [0, 0.1) is 11.8 Å². The van der Waals surface area contributed by atoms with Gasteiger partial charge in [0.05, 0.1) is 0 Å². The molecule has 3 unspecified atom stereocenters. The Bertz CT molecular complexity index is 760. The largest absolute Gasteiger partial charge is 0.451 e. The Morgan fingerprint density at radius 3 is 1.69 bits per heavy atom. The van der Waals surface area contributed by atoms with Crippen molar-refractivity contribution in [1.29, 1.82) is 0 Å². The zero-order valence-corrected chi connectivity index (χ0v) is 16.6. The number of hydrogen-bond acceptors (Lipinski definition) is 6. The smallest absolute Gasteiger partial charge is 0.404 e. The Balaban J connectivity index is 2.54. The molecule has 0 aliphatic heterocycles. The van der Waals surface area contributed by atoms with Crippen LogP contribution >= 0.6 is 0 Å². The van der Waals surface area contributed by atoms with E-state index in [0.717, 1.165) is 0 Å². The summed E-state index contributed by atoms with van der Waals surface area (Å²) in [6, 6.07) is 0. The molecule has 32 heavy (non-hydrogen) atoms. The van der Waals surface area contributed by atoms with Crippen LogP contribution in [0.25, 0.3) is 0 Å². The van der Waals surface area contributed by atoms with Crippen LogP contribution in [-0.4, -0.2) is 53.5 Å². The third-order valence-electron chi connectivity index (χ3n) is 5.40. The maximum absolute atomic E-state index is 13.8. The van der Waals surface area contributed by atoms with E-state index in [-0.39, 0.29) is 33.1 Å². The summed E-state index contributed by atoms with van der Waals surface area (Å²) in [5.74, 6) is -33.9. The lowest BCUT2D eigenvalue weighted by molar-refractivity contribution is -0.312. The van der Waals surface area contributed by atoms with E-state index < -0.39 is 65.3 Å². The highest BCUT2D eigenvalue weighted by molar-refractivity contribution is 5.83. The Hall–Kier alpha value is -2.41. The SMILES string of the molecule is C=CC(=O)OC1C2CCC(C2)C1(OC(=O)C(F)(F)C(C)(F)F)OC(=O)C(F)(F)C(C)(F)F. The van der Waals surface area contributed by atoms with Crippen molar-refractivity contribution < 1.29 is 63.7 Å². The number of carbonyl (C=O) groups excluding carboxylic acids is 3. The van der Waals surface area contributed by atoms with Gasteiger partial charge in [0, 0.05) is 31.8 Å². The first kappa shape index (κ1) is 25.8. The summed E-state index contributed by atoms with van der Waals surface area (Å²) < 4.78 is 122. The van der Waals surface area contributed by atoms with Gasteiger partial charge in [0.2, 0.25) is 0 Å². The molecule has 2 aliphatic rings. The fraction of sp³-hybridized carbons (Fsp3) is 0.722. The summed E-state index contributed by atoms with van der Waals surface area (Å²) in [4.78, 5) is 35.5. The van der Waals surface area contributed by atoms with Gasteiger partial charge in [-0.05, 0) is 19.3 Å². The fourth-order valence-electron chi connectivity index (χ4n) is 3.65. The van der Waals surface area contributed by atoms with Gasteiger partial charge in [-0.25, -0.2) is 14.4 Å². The standard InChI is InChI=1S/C18H18F8O6/c1-4-10(27)30-11-8-5-6-9(7-8)16(11,31-12(28)17(23,24)14(2,19)20)32-13(29)18(25,26)15(3,21)22/h4,8-9,11H,1,5-7H2,2-3H3. The van der Waals surface area contributed by atoms with Crippen molar-refractivity contribution in [3.63, 3.8) is 0 Å². The molecule has 0 saturated heterocycles. The highest BCUT2D eigenvalue weighted by Crippen LogP contribution is 2.56. The normalized spacial score (nSPS) is 25.2. The molecular weight excluding hydrogens is 464 g/mol. The molecule has 2 bridgehead atoms. The molecule has 6 nitrogen and oxygen atoms in total. The van der Waals surface area contributed by atoms with Gasteiger partial charge < -0.3 is 14.2 Å². The Morgan fingerprint density at radius 2 is 1.31 bits per heavy atom. The monoisotopic (exact) mass is 482 g/mol. The van der Waals surface area contributed by atoms with Crippen LogP contribution < -0.4 is 0 Å². The number of esters is 3. The summed E-state index contributed by atoms with van der Waals surface area (Å²) in [5.41, 5.74) is 0. The Kier molecular flexibility index (Phi) is 6.36. The zero-order chi connectivity index (χ0) is 24.9. The van der Waals surface area contributed by atoms with Gasteiger partial charge >= 0.3 is 41.6 Å². The number of hydrogen-bond donors (Lipinski definition) is 0. The van der Waals surface area contributed by atoms with Gasteiger partial charge in [-0.2, -0.15) is 35.1 Å². The highest BCUT2D eigenvalue weighted by atomic mass is 19.3. The predicted molar refractivity (Wildman–Crippen MR) is 87.0 cm³/mol. The molecule has 0 aromatic rings. The number of halogens is 8. The minimum Gasteiger partial charge on any atom is -0.451 e. The molecular formula is C18H18F8O6. The molecule has 0 aromatic carbocycles. The summed E-state index contributed by atoms with van der Waals surface area (Å²) in [7, 11) is 0. The lowest BCUT2D eigenvalue weighted by Crippen LogP contribution is -2.61. The maximum Gasteiger partial charge on any atom is 0.404 e. The van der Waals surface area contributed by atoms with Crippen molar-refractivity contribution >= 4 is 17.9 Å². The van der Waals surface area contributed by atoms with Crippen molar-refractivity contribution in [2.45, 2.75) is 68.7 Å². The molecule has 2 rings (SSSR count). The fourth-order valence-corrected chi connectivity index (χ4v) is 3.65. The third kappa shape index (κ3) is 4.15. The van der Waals surface area contributed by atoms with Crippen molar-refractivity contribution in [3.8, 4) is 0 Å². The van der Waals surface area contributed by atoms with Gasteiger partial charge in [0.15, 0.2) is 6.10 Å². The molecule has 14 heteroatoms. The lowest BCUT2D eigenvalue weighted by atomic mass is 9.90. The summed E-state index contributed by atoms with van der Waals surface area (Å²) in [5, 5.41) is 0. The van der Waals surface area contributed by atoms with E-state index in [2.05, 4.69) is 16.1 Å². The minimum absolute atomic E-state index is 0.129. The van der Waals surface area contributed by atoms with Crippen LogP contribution in [0.1, 0.15) is 33.1 Å². The van der Waals surface area contributed by atoms with E-state index in [1.807, 2.05) is 0 Å². The van der Waals surface area contributed by atoms with Crippen molar-refractivity contribution in [3.05, 3.63) is 12.7 Å². The molecule has 0 aromatic heterocycles. The van der Waals surface area contributed by atoms with Crippen LogP contribution in [0.2, 0.25) is 0 Å². The van der Waals surface area contributed by atoms with Crippen LogP contribution in [0.5, 0.6) is 0 Å². The third-order valence-corrected chi connectivity index (χ3v) is 5.40. The number of rotatable bonds is 8. The molecule has 2 fully saturated rings.